The minimum Gasteiger partial charge on any atom is -0.326 e. The average molecular weight is 376 g/mol. The molecule has 1 saturated heterocycles. The van der Waals surface area contributed by atoms with Crippen molar-refractivity contribution < 1.29 is 8.42 Å². The summed E-state index contributed by atoms with van der Waals surface area (Å²) < 4.78 is 28.7. The Balaban J connectivity index is 2.25. The SMILES string of the molecule is Cc1cc(CN)cc(S(=O)(=O)NC2CCN(C)CC2)c1Br. The molecule has 0 bridgehead atoms. The first-order chi connectivity index (χ1) is 9.83. The number of rotatable bonds is 4. The molecular formula is C14H22BrN3O2S. The van der Waals surface area contributed by atoms with Gasteiger partial charge in [-0.05, 0) is 73.0 Å². The smallest absolute Gasteiger partial charge is 0.241 e. The van der Waals surface area contributed by atoms with Crippen LogP contribution in [-0.4, -0.2) is 39.5 Å². The van der Waals surface area contributed by atoms with E-state index in [1.807, 2.05) is 13.0 Å². The molecule has 7 heteroatoms. The first-order valence-corrected chi connectivity index (χ1v) is 9.31. The number of hydrogen-bond donors (Lipinski definition) is 2. The number of halogens is 1. The van der Waals surface area contributed by atoms with E-state index < -0.39 is 10.0 Å². The van der Waals surface area contributed by atoms with Crippen LogP contribution in [-0.2, 0) is 16.6 Å². The van der Waals surface area contributed by atoms with Crippen molar-refractivity contribution >= 4 is 26.0 Å². The van der Waals surface area contributed by atoms with Crippen LogP contribution in [0.5, 0.6) is 0 Å². The molecule has 0 radical (unpaired) electrons. The summed E-state index contributed by atoms with van der Waals surface area (Å²) in [4.78, 5) is 2.49. The van der Waals surface area contributed by atoms with Crippen LogP contribution >= 0.6 is 15.9 Å². The third kappa shape index (κ3) is 4.04. The monoisotopic (exact) mass is 375 g/mol. The molecule has 1 heterocycles. The molecule has 0 atom stereocenters. The van der Waals surface area contributed by atoms with Crippen molar-refractivity contribution in [3.8, 4) is 0 Å². The molecule has 21 heavy (non-hydrogen) atoms. The van der Waals surface area contributed by atoms with Gasteiger partial charge in [-0.25, -0.2) is 13.1 Å². The molecule has 1 aliphatic rings. The van der Waals surface area contributed by atoms with Crippen molar-refractivity contribution in [3.05, 3.63) is 27.7 Å². The van der Waals surface area contributed by atoms with Crippen molar-refractivity contribution in [2.45, 2.75) is 37.2 Å². The van der Waals surface area contributed by atoms with Gasteiger partial charge in [-0.2, -0.15) is 0 Å². The van der Waals surface area contributed by atoms with Crippen LogP contribution in [0.2, 0.25) is 0 Å². The van der Waals surface area contributed by atoms with E-state index in [-0.39, 0.29) is 10.9 Å². The molecule has 0 aliphatic carbocycles. The molecule has 5 nitrogen and oxygen atoms in total. The van der Waals surface area contributed by atoms with Gasteiger partial charge in [0.2, 0.25) is 10.0 Å². The van der Waals surface area contributed by atoms with Crippen molar-refractivity contribution in [2.24, 2.45) is 5.73 Å². The van der Waals surface area contributed by atoms with Gasteiger partial charge in [-0.3, -0.25) is 0 Å². The summed E-state index contributed by atoms with van der Waals surface area (Å²) in [5, 5.41) is 0. The summed E-state index contributed by atoms with van der Waals surface area (Å²) in [6, 6.07) is 3.55. The second kappa shape index (κ2) is 6.75. The summed E-state index contributed by atoms with van der Waals surface area (Å²) >= 11 is 3.39. The Hall–Kier alpha value is -0.470. The third-order valence-electron chi connectivity index (χ3n) is 3.85. The zero-order valence-corrected chi connectivity index (χ0v) is 14.8. The predicted octanol–water partition coefficient (Wildman–Crippen LogP) is 1.59. The van der Waals surface area contributed by atoms with Crippen molar-refractivity contribution in [1.29, 1.82) is 0 Å². The third-order valence-corrected chi connectivity index (χ3v) is 6.71. The van der Waals surface area contributed by atoms with E-state index in [0.717, 1.165) is 37.1 Å². The summed E-state index contributed by atoms with van der Waals surface area (Å²) in [5.41, 5.74) is 7.34. The highest BCUT2D eigenvalue weighted by molar-refractivity contribution is 9.10. The lowest BCUT2D eigenvalue weighted by molar-refractivity contribution is 0.248. The predicted molar refractivity (Wildman–Crippen MR) is 87.6 cm³/mol. The lowest BCUT2D eigenvalue weighted by Gasteiger charge is -2.29. The molecule has 1 aromatic rings. The zero-order chi connectivity index (χ0) is 15.6. The minimum atomic E-state index is -3.53. The number of aryl methyl sites for hydroxylation is 1. The first kappa shape index (κ1) is 16.9. The number of nitrogens with two attached hydrogens (primary N) is 1. The Labute approximate surface area is 135 Å². The Morgan fingerprint density at radius 1 is 1.38 bits per heavy atom. The van der Waals surface area contributed by atoms with Gasteiger partial charge in [0.25, 0.3) is 0 Å². The molecule has 3 N–H and O–H groups in total. The van der Waals surface area contributed by atoms with Crippen LogP contribution in [0, 0.1) is 6.92 Å². The van der Waals surface area contributed by atoms with E-state index in [4.69, 9.17) is 5.73 Å². The Bertz CT molecular complexity index is 611. The quantitative estimate of drug-likeness (QED) is 0.837. The minimum absolute atomic E-state index is 0.0000567. The summed E-state index contributed by atoms with van der Waals surface area (Å²) in [6.07, 6.45) is 1.67. The van der Waals surface area contributed by atoms with E-state index in [9.17, 15) is 8.42 Å². The van der Waals surface area contributed by atoms with E-state index in [0.29, 0.717) is 11.0 Å². The molecular weight excluding hydrogens is 354 g/mol. The number of nitrogens with zero attached hydrogens (tertiary/aromatic N) is 1. The van der Waals surface area contributed by atoms with Gasteiger partial charge < -0.3 is 10.6 Å². The first-order valence-electron chi connectivity index (χ1n) is 7.03. The maximum absolute atomic E-state index is 12.6. The Morgan fingerprint density at radius 3 is 2.57 bits per heavy atom. The fourth-order valence-corrected chi connectivity index (χ4v) is 4.91. The highest BCUT2D eigenvalue weighted by Crippen LogP contribution is 2.28. The fourth-order valence-electron chi connectivity index (χ4n) is 2.53. The normalized spacial score (nSPS) is 18.1. The second-order valence-electron chi connectivity index (χ2n) is 5.63. The van der Waals surface area contributed by atoms with Gasteiger partial charge in [-0.1, -0.05) is 6.07 Å². The molecule has 1 aromatic carbocycles. The fraction of sp³-hybridized carbons (Fsp3) is 0.571. The average Bonchev–Trinajstić information content (AvgIpc) is 2.43. The Morgan fingerprint density at radius 2 is 2.00 bits per heavy atom. The largest absolute Gasteiger partial charge is 0.326 e. The summed E-state index contributed by atoms with van der Waals surface area (Å²) in [7, 11) is -1.48. The van der Waals surface area contributed by atoms with Crippen LogP contribution in [0.3, 0.4) is 0 Å². The molecule has 0 unspecified atom stereocenters. The van der Waals surface area contributed by atoms with Crippen LogP contribution in [0.1, 0.15) is 24.0 Å². The van der Waals surface area contributed by atoms with Gasteiger partial charge in [0, 0.05) is 17.1 Å². The van der Waals surface area contributed by atoms with Crippen LogP contribution in [0.4, 0.5) is 0 Å². The number of sulfonamides is 1. The van der Waals surface area contributed by atoms with Crippen LogP contribution in [0.15, 0.2) is 21.5 Å². The van der Waals surface area contributed by atoms with Gasteiger partial charge in [0.15, 0.2) is 0 Å². The zero-order valence-electron chi connectivity index (χ0n) is 12.4. The van der Waals surface area contributed by atoms with Crippen LogP contribution in [0.25, 0.3) is 0 Å². The number of likely N-dealkylation sites (tertiary alicyclic amines) is 1. The molecule has 0 saturated carbocycles. The van der Waals surface area contributed by atoms with Gasteiger partial charge in [-0.15, -0.1) is 0 Å². The van der Waals surface area contributed by atoms with E-state index >= 15 is 0 Å². The maximum Gasteiger partial charge on any atom is 0.241 e. The summed E-state index contributed by atoms with van der Waals surface area (Å²) in [5.74, 6) is 0. The standard InChI is InChI=1S/C14H22BrN3O2S/c1-10-7-11(9-16)8-13(14(10)15)21(19,20)17-12-3-5-18(2)6-4-12/h7-8,12,17H,3-6,9,16H2,1-2H3. The highest BCUT2D eigenvalue weighted by Gasteiger charge is 2.25. The molecule has 2 rings (SSSR count). The van der Waals surface area contributed by atoms with E-state index in [1.165, 1.54) is 0 Å². The highest BCUT2D eigenvalue weighted by atomic mass is 79.9. The number of hydrogen-bond acceptors (Lipinski definition) is 4. The molecule has 1 aliphatic heterocycles. The number of benzene rings is 1. The Kier molecular flexibility index (Phi) is 5.43. The molecule has 0 spiro atoms. The molecule has 1 fully saturated rings. The maximum atomic E-state index is 12.6. The number of nitrogens with one attached hydrogen (secondary N) is 1. The van der Waals surface area contributed by atoms with Crippen LogP contribution < -0.4 is 10.5 Å². The lowest BCUT2D eigenvalue weighted by atomic mass is 10.1. The topological polar surface area (TPSA) is 75.4 Å². The van der Waals surface area contributed by atoms with Crippen molar-refractivity contribution in [2.75, 3.05) is 20.1 Å². The molecule has 118 valence electrons. The van der Waals surface area contributed by atoms with Crippen molar-refractivity contribution in [3.63, 3.8) is 0 Å². The molecule has 0 aromatic heterocycles. The number of piperidine rings is 1. The molecule has 0 amide bonds. The van der Waals surface area contributed by atoms with E-state index in [1.54, 1.807) is 6.07 Å². The second-order valence-corrected chi connectivity index (χ2v) is 8.10. The van der Waals surface area contributed by atoms with Gasteiger partial charge >= 0.3 is 0 Å². The van der Waals surface area contributed by atoms with Crippen molar-refractivity contribution in [1.82, 2.24) is 9.62 Å². The van der Waals surface area contributed by atoms with Gasteiger partial charge in [0.05, 0.1) is 4.90 Å². The van der Waals surface area contributed by atoms with Gasteiger partial charge in [0.1, 0.15) is 0 Å². The van der Waals surface area contributed by atoms with E-state index in [2.05, 4.69) is 32.6 Å². The lowest BCUT2D eigenvalue weighted by Crippen LogP contribution is -2.43. The summed E-state index contributed by atoms with van der Waals surface area (Å²) in [6.45, 7) is 4.02.